The number of aromatic nitrogens is 2. The Kier molecular flexibility index (Phi) is 6.82. The van der Waals surface area contributed by atoms with Crippen LogP contribution in [0, 0.1) is 11.3 Å². The number of anilines is 2. The van der Waals surface area contributed by atoms with E-state index in [1.165, 1.54) is 7.05 Å². The van der Waals surface area contributed by atoms with E-state index in [2.05, 4.69) is 42.0 Å². The quantitative estimate of drug-likeness (QED) is 0.632. The molecule has 3 rings (SSSR count). The van der Waals surface area contributed by atoms with Crippen LogP contribution in [-0.2, 0) is 6.54 Å². The van der Waals surface area contributed by atoms with Crippen molar-refractivity contribution in [2.24, 2.45) is 0 Å². The molecule has 0 saturated carbocycles. The number of hydrogen-bond donors (Lipinski definition) is 3. The largest absolute Gasteiger partial charge is 0.367 e. The fraction of sp³-hybridized carbons (Fsp3) is 0.421. The lowest BCUT2D eigenvalue weighted by atomic mass is 10.2. The van der Waals surface area contributed by atoms with Crippen LogP contribution in [0.5, 0.6) is 0 Å². The van der Waals surface area contributed by atoms with E-state index in [1.807, 2.05) is 6.92 Å². The summed E-state index contributed by atoms with van der Waals surface area (Å²) in [6.07, 6.45) is 0. The van der Waals surface area contributed by atoms with E-state index in [1.54, 1.807) is 18.2 Å². The van der Waals surface area contributed by atoms with Gasteiger partial charge in [-0.3, -0.25) is 15.0 Å². The van der Waals surface area contributed by atoms with E-state index in [4.69, 9.17) is 4.52 Å². The van der Waals surface area contributed by atoms with Gasteiger partial charge in [0.15, 0.2) is 17.3 Å². The molecule has 1 aliphatic rings. The van der Waals surface area contributed by atoms with Gasteiger partial charge in [-0.1, -0.05) is 5.16 Å². The minimum absolute atomic E-state index is 0.221. The molecule has 0 spiro atoms. The Balaban J connectivity index is 1.57. The molecular weight excluding hydrogens is 388 g/mol. The third-order valence-corrected chi connectivity index (χ3v) is 4.67. The van der Waals surface area contributed by atoms with Gasteiger partial charge in [0.25, 0.3) is 5.91 Å². The molecule has 158 valence electrons. The summed E-state index contributed by atoms with van der Waals surface area (Å²) in [7, 11) is 1.52. The molecule has 11 heteroatoms. The minimum atomic E-state index is -0.324. The second kappa shape index (κ2) is 9.71. The van der Waals surface area contributed by atoms with Gasteiger partial charge in [0.2, 0.25) is 0 Å². The average molecular weight is 412 g/mol. The van der Waals surface area contributed by atoms with Crippen LogP contribution in [0.1, 0.15) is 28.9 Å². The van der Waals surface area contributed by atoms with Crippen LogP contribution in [0.25, 0.3) is 0 Å². The van der Waals surface area contributed by atoms with Gasteiger partial charge in [0.1, 0.15) is 11.8 Å². The second-order valence-corrected chi connectivity index (χ2v) is 6.68. The molecule has 2 aromatic heterocycles. The molecule has 2 aromatic rings. The number of amides is 3. The minimum Gasteiger partial charge on any atom is -0.367 e. The van der Waals surface area contributed by atoms with Crippen molar-refractivity contribution >= 4 is 23.4 Å². The normalized spacial score (nSPS) is 14.1. The molecule has 3 heterocycles. The smallest absolute Gasteiger partial charge is 0.320 e. The molecule has 0 aromatic carbocycles. The number of pyridine rings is 1. The maximum Gasteiger partial charge on any atom is 0.320 e. The summed E-state index contributed by atoms with van der Waals surface area (Å²) < 4.78 is 5.30. The fourth-order valence-electron chi connectivity index (χ4n) is 3.18. The number of hydrogen-bond acceptors (Lipinski definition) is 8. The first-order valence-electron chi connectivity index (χ1n) is 9.65. The maximum atomic E-state index is 11.7. The molecular formula is C19H24N8O3. The Bertz CT molecular complexity index is 943. The number of urea groups is 1. The van der Waals surface area contributed by atoms with E-state index in [-0.39, 0.29) is 23.3 Å². The van der Waals surface area contributed by atoms with Gasteiger partial charge in [0, 0.05) is 45.8 Å². The van der Waals surface area contributed by atoms with Gasteiger partial charge in [-0.05, 0) is 19.1 Å². The van der Waals surface area contributed by atoms with Crippen LogP contribution < -0.4 is 20.9 Å². The molecule has 3 amide bonds. The lowest BCUT2D eigenvalue weighted by molar-refractivity contribution is 0.0958. The van der Waals surface area contributed by atoms with E-state index >= 15 is 0 Å². The summed E-state index contributed by atoms with van der Waals surface area (Å²) in [5.74, 6) is 0.705. The zero-order chi connectivity index (χ0) is 21.5. The van der Waals surface area contributed by atoms with Crippen LogP contribution in [0.3, 0.4) is 0 Å². The molecule has 11 nitrogen and oxygen atoms in total. The first-order chi connectivity index (χ1) is 14.5. The van der Waals surface area contributed by atoms with E-state index in [9.17, 15) is 14.9 Å². The van der Waals surface area contributed by atoms with Crippen molar-refractivity contribution in [3.05, 3.63) is 35.3 Å². The summed E-state index contributed by atoms with van der Waals surface area (Å²) in [5.41, 5.74) is 1.18. The lowest BCUT2D eigenvalue weighted by Gasteiger charge is -2.35. The van der Waals surface area contributed by atoms with Crippen LogP contribution in [0.15, 0.2) is 22.7 Å². The number of nitrogens with one attached hydrogen (secondary N) is 3. The number of carbonyl (C=O) groups excluding carboxylic acids is 2. The van der Waals surface area contributed by atoms with Crippen LogP contribution in [0.2, 0.25) is 0 Å². The predicted octanol–water partition coefficient (Wildman–Crippen LogP) is 0.764. The standard InChI is InChI=1S/C19H24N8O3/c1-3-22-19(29)24-17-10-13(30-25-17)12-26-6-8-27(9-7-26)16-5-4-14(18(28)21-2)23-15(16)11-20/h4-5,10H,3,6-9,12H2,1-2H3,(H,21,28)(H2,22,24,25,29). The molecule has 0 aliphatic carbocycles. The summed E-state index contributed by atoms with van der Waals surface area (Å²) >= 11 is 0. The number of nitrogens with zero attached hydrogens (tertiary/aromatic N) is 5. The first kappa shape index (κ1) is 21.1. The number of piperazine rings is 1. The summed E-state index contributed by atoms with van der Waals surface area (Å²) in [6, 6.07) is 6.85. The number of nitriles is 1. The van der Waals surface area contributed by atoms with Crippen molar-refractivity contribution in [1.29, 1.82) is 5.26 Å². The van der Waals surface area contributed by atoms with Crippen molar-refractivity contribution < 1.29 is 14.1 Å². The van der Waals surface area contributed by atoms with Gasteiger partial charge in [-0.15, -0.1) is 0 Å². The van der Waals surface area contributed by atoms with E-state index in [0.717, 1.165) is 18.8 Å². The molecule has 1 fully saturated rings. The molecule has 0 unspecified atom stereocenters. The monoisotopic (exact) mass is 412 g/mol. The van der Waals surface area contributed by atoms with Crippen molar-refractivity contribution in [2.45, 2.75) is 13.5 Å². The predicted molar refractivity (Wildman–Crippen MR) is 109 cm³/mol. The highest BCUT2D eigenvalue weighted by molar-refractivity contribution is 5.92. The average Bonchev–Trinajstić information content (AvgIpc) is 3.20. The summed E-state index contributed by atoms with van der Waals surface area (Å²) in [5, 5.41) is 21.0. The molecule has 0 atom stereocenters. The Morgan fingerprint density at radius 1 is 1.27 bits per heavy atom. The summed E-state index contributed by atoms with van der Waals surface area (Å²) in [4.78, 5) is 31.7. The highest BCUT2D eigenvalue weighted by Crippen LogP contribution is 2.21. The first-order valence-corrected chi connectivity index (χ1v) is 9.65. The Labute approximate surface area is 174 Å². The number of rotatable bonds is 6. The zero-order valence-corrected chi connectivity index (χ0v) is 16.9. The van der Waals surface area contributed by atoms with Crippen LogP contribution in [-0.4, -0.2) is 66.8 Å². The molecule has 1 saturated heterocycles. The van der Waals surface area contributed by atoms with Crippen molar-refractivity contribution in [1.82, 2.24) is 25.7 Å². The molecule has 1 aliphatic heterocycles. The molecule has 0 radical (unpaired) electrons. The third-order valence-electron chi connectivity index (χ3n) is 4.67. The van der Waals surface area contributed by atoms with E-state index < -0.39 is 0 Å². The molecule has 30 heavy (non-hydrogen) atoms. The topological polar surface area (TPSA) is 139 Å². The van der Waals surface area contributed by atoms with Gasteiger partial charge < -0.3 is 20.1 Å². The van der Waals surface area contributed by atoms with Crippen molar-refractivity contribution in [3.8, 4) is 6.07 Å². The van der Waals surface area contributed by atoms with Crippen molar-refractivity contribution in [3.63, 3.8) is 0 Å². The van der Waals surface area contributed by atoms with E-state index in [0.29, 0.717) is 37.8 Å². The van der Waals surface area contributed by atoms with Gasteiger partial charge in [-0.2, -0.15) is 5.26 Å². The zero-order valence-electron chi connectivity index (χ0n) is 16.9. The maximum absolute atomic E-state index is 11.7. The third kappa shape index (κ3) is 5.03. The number of carbonyl (C=O) groups is 2. The van der Waals surface area contributed by atoms with Gasteiger partial charge >= 0.3 is 6.03 Å². The highest BCUT2D eigenvalue weighted by Gasteiger charge is 2.22. The fourth-order valence-corrected chi connectivity index (χ4v) is 3.18. The van der Waals surface area contributed by atoms with Gasteiger partial charge in [-0.25, -0.2) is 9.78 Å². The van der Waals surface area contributed by atoms with Gasteiger partial charge in [0.05, 0.1) is 12.2 Å². The molecule has 3 N–H and O–H groups in total. The molecule has 0 bridgehead atoms. The lowest BCUT2D eigenvalue weighted by Crippen LogP contribution is -2.46. The highest BCUT2D eigenvalue weighted by atomic mass is 16.5. The van der Waals surface area contributed by atoms with Crippen LogP contribution in [0.4, 0.5) is 16.3 Å². The Morgan fingerprint density at radius 3 is 2.70 bits per heavy atom. The van der Waals surface area contributed by atoms with Crippen molar-refractivity contribution in [2.75, 3.05) is 50.0 Å². The van der Waals surface area contributed by atoms with Crippen LogP contribution >= 0.6 is 0 Å². The Hall–Kier alpha value is -3.65. The second-order valence-electron chi connectivity index (χ2n) is 6.68. The SMILES string of the molecule is CCNC(=O)Nc1cc(CN2CCN(c3ccc(C(=O)NC)nc3C#N)CC2)on1. The summed E-state index contributed by atoms with van der Waals surface area (Å²) in [6.45, 7) is 5.83. The Morgan fingerprint density at radius 2 is 2.03 bits per heavy atom.